The molecule has 0 bridgehead atoms. The number of ether oxygens (including phenoxy) is 1. The molecular formula is C12H13N3O2. The van der Waals surface area contributed by atoms with E-state index in [1.165, 1.54) is 6.07 Å². The lowest BCUT2D eigenvalue weighted by molar-refractivity contribution is 0.181. The van der Waals surface area contributed by atoms with Gasteiger partial charge < -0.3 is 9.72 Å². The molecule has 0 saturated carbocycles. The fourth-order valence-corrected chi connectivity index (χ4v) is 1.52. The lowest BCUT2D eigenvalue weighted by Crippen LogP contribution is -2.11. The van der Waals surface area contributed by atoms with Crippen LogP contribution in [-0.4, -0.2) is 22.1 Å². The van der Waals surface area contributed by atoms with Gasteiger partial charge in [0.15, 0.2) is 5.82 Å². The molecule has 0 saturated heterocycles. The zero-order chi connectivity index (χ0) is 12.3. The maximum absolute atomic E-state index is 11.5. The lowest BCUT2D eigenvalue weighted by Gasteiger charge is -2.03. The third-order valence-corrected chi connectivity index (χ3v) is 2.24. The van der Waals surface area contributed by atoms with E-state index in [-0.39, 0.29) is 5.56 Å². The summed E-state index contributed by atoms with van der Waals surface area (Å²) in [5, 5.41) is 0. The molecule has 5 heteroatoms. The van der Waals surface area contributed by atoms with Crippen molar-refractivity contribution in [2.75, 3.05) is 7.11 Å². The summed E-state index contributed by atoms with van der Waals surface area (Å²) in [5.74, 6) is 0.466. The van der Waals surface area contributed by atoms with Gasteiger partial charge in [-0.3, -0.25) is 9.78 Å². The summed E-state index contributed by atoms with van der Waals surface area (Å²) < 4.78 is 4.96. The van der Waals surface area contributed by atoms with Gasteiger partial charge in [-0.1, -0.05) is 0 Å². The molecule has 2 heterocycles. The molecule has 2 aromatic rings. The molecule has 0 unspecified atom stereocenters. The van der Waals surface area contributed by atoms with Gasteiger partial charge in [0.1, 0.15) is 5.69 Å². The Labute approximate surface area is 98.5 Å². The van der Waals surface area contributed by atoms with Crippen LogP contribution in [0.5, 0.6) is 0 Å². The topological polar surface area (TPSA) is 67.9 Å². The van der Waals surface area contributed by atoms with Crippen LogP contribution in [0, 0.1) is 6.92 Å². The highest BCUT2D eigenvalue weighted by Gasteiger charge is 2.05. The number of pyridine rings is 1. The van der Waals surface area contributed by atoms with E-state index in [1.807, 2.05) is 19.1 Å². The first kappa shape index (κ1) is 11.5. The predicted molar refractivity (Wildman–Crippen MR) is 63.5 cm³/mol. The minimum absolute atomic E-state index is 0.203. The molecule has 0 aliphatic heterocycles. The molecule has 17 heavy (non-hydrogen) atoms. The molecule has 88 valence electrons. The van der Waals surface area contributed by atoms with Crippen molar-refractivity contribution < 1.29 is 4.74 Å². The maximum atomic E-state index is 11.5. The summed E-state index contributed by atoms with van der Waals surface area (Å²) >= 11 is 0. The highest BCUT2D eigenvalue weighted by molar-refractivity contribution is 5.49. The number of aromatic amines is 1. The van der Waals surface area contributed by atoms with Crippen molar-refractivity contribution in [1.82, 2.24) is 15.0 Å². The van der Waals surface area contributed by atoms with E-state index in [0.717, 1.165) is 5.56 Å². The van der Waals surface area contributed by atoms with Crippen LogP contribution in [0.25, 0.3) is 11.5 Å². The zero-order valence-electron chi connectivity index (χ0n) is 9.73. The molecule has 0 aliphatic carbocycles. The largest absolute Gasteiger partial charge is 0.378 e. The van der Waals surface area contributed by atoms with E-state index in [1.54, 1.807) is 13.3 Å². The first-order valence-corrected chi connectivity index (χ1v) is 5.21. The molecular weight excluding hydrogens is 218 g/mol. The molecule has 0 aliphatic rings. The van der Waals surface area contributed by atoms with Crippen LogP contribution < -0.4 is 5.56 Å². The molecule has 5 nitrogen and oxygen atoms in total. The second kappa shape index (κ2) is 4.88. The highest BCUT2D eigenvalue weighted by atomic mass is 16.5. The van der Waals surface area contributed by atoms with Crippen molar-refractivity contribution in [3.8, 4) is 11.5 Å². The quantitative estimate of drug-likeness (QED) is 0.864. The Morgan fingerprint density at radius 2 is 2.24 bits per heavy atom. The molecule has 0 radical (unpaired) electrons. The normalized spacial score (nSPS) is 10.5. The Morgan fingerprint density at radius 3 is 2.94 bits per heavy atom. The van der Waals surface area contributed by atoms with Crippen molar-refractivity contribution in [3.63, 3.8) is 0 Å². The van der Waals surface area contributed by atoms with E-state index in [9.17, 15) is 4.79 Å². The molecule has 0 spiro atoms. The first-order chi connectivity index (χ1) is 8.19. The maximum Gasteiger partial charge on any atom is 0.251 e. The van der Waals surface area contributed by atoms with Crippen LogP contribution in [0.4, 0.5) is 0 Å². The molecule has 0 amide bonds. The second-order valence-corrected chi connectivity index (χ2v) is 3.74. The highest BCUT2D eigenvalue weighted by Crippen LogP contribution is 2.11. The summed E-state index contributed by atoms with van der Waals surface area (Å²) in [6.45, 7) is 2.27. The van der Waals surface area contributed by atoms with Gasteiger partial charge in [-0.05, 0) is 24.6 Å². The number of H-pyrrole nitrogens is 1. The van der Waals surface area contributed by atoms with Crippen LogP contribution in [0.3, 0.4) is 0 Å². The Hall–Kier alpha value is -2.01. The summed E-state index contributed by atoms with van der Waals surface area (Å²) in [4.78, 5) is 22.6. The Balaban J connectivity index is 2.48. The monoisotopic (exact) mass is 231 g/mol. The fraction of sp³-hybridized carbons (Fsp3) is 0.250. The van der Waals surface area contributed by atoms with Crippen LogP contribution in [0.1, 0.15) is 11.3 Å². The van der Waals surface area contributed by atoms with Crippen molar-refractivity contribution in [1.29, 1.82) is 0 Å². The van der Waals surface area contributed by atoms with Gasteiger partial charge in [-0.15, -0.1) is 0 Å². The molecule has 0 atom stereocenters. The zero-order valence-corrected chi connectivity index (χ0v) is 9.73. The van der Waals surface area contributed by atoms with Gasteiger partial charge in [0.05, 0.1) is 12.3 Å². The number of hydrogen-bond acceptors (Lipinski definition) is 4. The smallest absolute Gasteiger partial charge is 0.251 e. The summed E-state index contributed by atoms with van der Waals surface area (Å²) in [6.07, 6.45) is 1.69. The van der Waals surface area contributed by atoms with Gasteiger partial charge in [0.2, 0.25) is 0 Å². The second-order valence-electron chi connectivity index (χ2n) is 3.74. The molecule has 1 N–H and O–H groups in total. The number of aryl methyl sites for hydroxylation is 1. The average molecular weight is 231 g/mol. The SMILES string of the molecule is COCc1cc(=O)[nH]c(-c2cc(C)ccn2)n1. The molecule has 0 aromatic carbocycles. The number of nitrogens with one attached hydrogen (secondary N) is 1. The Kier molecular flexibility index (Phi) is 3.30. The molecule has 2 rings (SSSR count). The van der Waals surface area contributed by atoms with Crippen molar-refractivity contribution in [2.24, 2.45) is 0 Å². The summed E-state index contributed by atoms with van der Waals surface area (Å²) in [5.41, 5.74) is 2.11. The van der Waals surface area contributed by atoms with E-state index in [4.69, 9.17) is 4.74 Å². The average Bonchev–Trinajstić information content (AvgIpc) is 2.28. The number of aromatic nitrogens is 3. The predicted octanol–water partition coefficient (Wildman–Crippen LogP) is 1.29. The van der Waals surface area contributed by atoms with Crippen molar-refractivity contribution in [3.05, 3.63) is 46.0 Å². The van der Waals surface area contributed by atoms with Crippen LogP contribution in [0.2, 0.25) is 0 Å². The van der Waals surface area contributed by atoms with E-state index >= 15 is 0 Å². The molecule has 0 fully saturated rings. The Morgan fingerprint density at radius 1 is 1.41 bits per heavy atom. The van der Waals surface area contributed by atoms with E-state index in [2.05, 4.69) is 15.0 Å². The van der Waals surface area contributed by atoms with Crippen LogP contribution in [-0.2, 0) is 11.3 Å². The Bertz CT molecular complexity index is 578. The van der Waals surface area contributed by atoms with E-state index < -0.39 is 0 Å². The first-order valence-electron chi connectivity index (χ1n) is 5.21. The van der Waals surface area contributed by atoms with Crippen LogP contribution in [0.15, 0.2) is 29.2 Å². The van der Waals surface area contributed by atoms with Gasteiger partial charge in [0.25, 0.3) is 5.56 Å². The number of methoxy groups -OCH3 is 1. The summed E-state index contributed by atoms with van der Waals surface area (Å²) in [7, 11) is 1.56. The summed E-state index contributed by atoms with van der Waals surface area (Å²) in [6, 6.07) is 5.18. The van der Waals surface area contributed by atoms with Gasteiger partial charge in [0, 0.05) is 19.4 Å². The minimum atomic E-state index is -0.203. The van der Waals surface area contributed by atoms with Crippen molar-refractivity contribution >= 4 is 0 Å². The van der Waals surface area contributed by atoms with Gasteiger partial charge in [-0.25, -0.2) is 4.98 Å². The van der Waals surface area contributed by atoms with Gasteiger partial charge >= 0.3 is 0 Å². The van der Waals surface area contributed by atoms with Gasteiger partial charge in [-0.2, -0.15) is 0 Å². The van der Waals surface area contributed by atoms with Crippen molar-refractivity contribution in [2.45, 2.75) is 13.5 Å². The third-order valence-electron chi connectivity index (χ3n) is 2.24. The van der Waals surface area contributed by atoms with E-state index in [0.29, 0.717) is 23.8 Å². The fourth-order valence-electron chi connectivity index (χ4n) is 1.52. The third kappa shape index (κ3) is 2.76. The van der Waals surface area contributed by atoms with Crippen LogP contribution >= 0.6 is 0 Å². The standard InChI is InChI=1S/C12H13N3O2/c1-8-3-4-13-10(5-8)12-14-9(7-17-2)6-11(16)15-12/h3-6H,7H2,1-2H3,(H,14,15,16). The number of nitrogens with zero attached hydrogens (tertiary/aromatic N) is 2. The number of hydrogen-bond donors (Lipinski definition) is 1. The number of rotatable bonds is 3. The minimum Gasteiger partial charge on any atom is -0.378 e. The molecule has 2 aromatic heterocycles. The lowest BCUT2D eigenvalue weighted by atomic mass is 10.2.